The van der Waals surface area contributed by atoms with Crippen molar-refractivity contribution in [2.75, 3.05) is 487 Å². The Morgan fingerprint density at radius 2 is 0.435 bits per heavy atom. The number of fused-ring (bicyclic) bond motifs is 2. The summed E-state index contributed by atoms with van der Waals surface area (Å²) in [5.74, 6) is -3.25. The molecule has 4 rings (SSSR count). The standard InChI is InChI=1S/C101H166F4N2O40/c102-93-88-94(103)100(105)101(99(93)104)147-98(110)14-16-111-18-20-113-22-24-115-26-28-117-30-32-119-34-36-121-38-40-123-42-44-125-46-48-127-50-52-129-54-56-131-58-60-133-62-64-135-66-68-137-70-72-139-74-76-141-78-80-143-82-84-145-86-87-146-85-83-144-81-79-142-77-75-140-73-71-138-69-67-136-65-63-134-61-59-132-57-55-130-53-51-128-49-47-126-45-43-124-41-39-122-37-35-120-33-31-118-29-27-116-25-23-114-21-19-112-17-15-106-96(108)10-5-11-97(109)107-89-92-8-2-1-6-90(92)12-13-91-7-3-4-9-95(91)107/h1-4,6-9,88H,5,10-11,14-87,89H2,(H,106,108). The van der Waals surface area contributed by atoms with E-state index >= 15 is 0 Å². The molecule has 1 N–H and O–H groups in total. The number of para-hydroxylation sites is 1. The van der Waals surface area contributed by atoms with E-state index in [1.165, 1.54) is 0 Å². The Morgan fingerprint density at radius 3 is 0.673 bits per heavy atom. The van der Waals surface area contributed by atoms with Crippen molar-refractivity contribution in [2.45, 2.75) is 32.2 Å². The van der Waals surface area contributed by atoms with Crippen molar-refractivity contribution < 1.29 is 207 Å². The van der Waals surface area contributed by atoms with E-state index in [-0.39, 0.29) is 57.1 Å². The van der Waals surface area contributed by atoms with Gasteiger partial charge >= 0.3 is 5.97 Å². The Balaban J connectivity index is 0.675. The first-order valence-electron chi connectivity index (χ1n) is 50.8. The summed E-state index contributed by atoms with van der Waals surface area (Å²) < 4.78 is 257. The van der Waals surface area contributed by atoms with Gasteiger partial charge in [-0.05, 0) is 30.2 Å². The van der Waals surface area contributed by atoms with Gasteiger partial charge in [0.2, 0.25) is 29.2 Å². The number of hydrogen-bond donors (Lipinski definition) is 1. The predicted octanol–water partition coefficient (Wildman–Crippen LogP) is 5.37. The average molecular weight is 2120 g/mol. The fourth-order valence-electron chi connectivity index (χ4n) is 11.9. The number of ether oxygens (including phenoxy) is 37. The third-order valence-corrected chi connectivity index (χ3v) is 19.3. The molecule has 0 aromatic heterocycles. The summed E-state index contributed by atoms with van der Waals surface area (Å²) in [5.41, 5.74) is 3.49. The van der Waals surface area contributed by atoms with Crippen LogP contribution < -0.4 is 15.0 Å². The van der Waals surface area contributed by atoms with Crippen LogP contribution in [0.25, 0.3) is 0 Å². The van der Waals surface area contributed by atoms with Crippen LogP contribution in [-0.4, -0.2) is 500 Å². The van der Waals surface area contributed by atoms with E-state index in [9.17, 15) is 31.9 Å². The molecule has 1 aliphatic rings. The van der Waals surface area contributed by atoms with E-state index in [0.29, 0.717) is 469 Å². The first kappa shape index (κ1) is 133. The Hall–Kier alpha value is -6.09. The molecule has 0 spiro atoms. The number of rotatable bonds is 116. The van der Waals surface area contributed by atoms with E-state index in [0.717, 1.165) is 22.4 Å². The van der Waals surface area contributed by atoms with Gasteiger partial charge in [0.05, 0.1) is 494 Å². The molecule has 3 aromatic rings. The maximum Gasteiger partial charge on any atom is 0.313 e. The molecule has 3 aromatic carbocycles. The van der Waals surface area contributed by atoms with Gasteiger partial charge < -0.3 is 185 Å². The van der Waals surface area contributed by atoms with Crippen LogP contribution in [0.1, 0.15) is 42.4 Å². The second-order valence-electron chi connectivity index (χ2n) is 30.7. The van der Waals surface area contributed by atoms with Crippen LogP contribution in [-0.2, 0) is 191 Å². The molecule has 2 amide bonds. The maximum atomic E-state index is 13.6. The molecular weight excluding hydrogens is 1960 g/mol. The van der Waals surface area contributed by atoms with E-state index in [2.05, 4.69) is 21.9 Å². The van der Waals surface area contributed by atoms with Gasteiger partial charge in [-0.2, -0.15) is 8.78 Å². The molecule has 0 saturated carbocycles. The lowest BCUT2D eigenvalue weighted by atomic mass is 10.0. The van der Waals surface area contributed by atoms with Crippen molar-refractivity contribution in [3.8, 4) is 17.6 Å². The summed E-state index contributed by atoms with van der Waals surface area (Å²) in [4.78, 5) is 39.3. The van der Waals surface area contributed by atoms with Crippen LogP contribution in [0.15, 0.2) is 54.6 Å². The lowest BCUT2D eigenvalue weighted by Gasteiger charge is -2.26. The van der Waals surface area contributed by atoms with Gasteiger partial charge in [0, 0.05) is 36.6 Å². The quantitative estimate of drug-likeness (QED) is 0.0185. The van der Waals surface area contributed by atoms with Crippen LogP contribution in [0.5, 0.6) is 5.75 Å². The third kappa shape index (κ3) is 85.0. The molecule has 0 unspecified atom stereocenters. The van der Waals surface area contributed by atoms with Gasteiger partial charge in [0.15, 0.2) is 11.6 Å². The normalized spacial score (nSPS) is 11.9. The minimum atomic E-state index is -1.80. The van der Waals surface area contributed by atoms with Gasteiger partial charge in [-0.25, -0.2) is 8.78 Å². The lowest BCUT2D eigenvalue weighted by Crippen LogP contribution is -2.32. The summed E-state index contributed by atoms with van der Waals surface area (Å²) in [6.45, 7) is 31.7. The topological polar surface area (TPSA) is 408 Å². The molecule has 147 heavy (non-hydrogen) atoms. The second-order valence-corrected chi connectivity index (χ2v) is 30.7. The predicted molar refractivity (Wildman–Crippen MR) is 523 cm³/mol. The minimum Gasteiger partial charge on any atom is -0.420 e. The largest absolute Gasteiger partial charge is 0.420 e. The number of hydrogen-bond acceptors (Lipinski definition) is 40. The van der Waals surface area contributed by atoms with Crippen LogP contribution in [0.4, 0.5) is 23.2 Å². The van der Waals surface area contributed by atoms with Gasteiger partial charge in [-0.3, -0.25) is 14.4 Å². The highest BCUT2D eigenvalue weighted by Gasteiger charge is 2.25. The number of anilines is 1. The number of carbonyl (C=O) groups excluding carboxylic acids is 3. The number of benzene rings is 3. The highest BCUT2D eigenvalue weighted by molar-refractivity contribution is 5.95. The zero-order valence-corrected chi connectivity index (χ0v) is 86.1. The molecule has 1 aliphatic heterocycles. The highest BCUT2D eigenvalue weighted by Crippen LogP contribution is 2.28. The van der Waals surface area contributed by atoms with Crippen molar-refractivity contribution in [1.82, 2.24) is 5.32 Å². The molecule has 46 heteroatoms. The molecule has 0 saturated heterocycles. The fraction of sp³-hybridized carbons (Fsp3) is 0.772. The van der Waals surface area contributed by atoms with Crippen LogP contribution in [0, 0.1) is 35.1 Å². The summed E-state index contributed by atoms with van der Waals surface area (Å²) in [5, 5.41) is 2.85. The first-order chi connectivity index (χ1) is 72.7. The molecule has 0 bridgehead atoms. The van der Waals surface area contributed by atoms with Crippen molar-refractivity contribution in [3.05, 3.63) is 94.6 Å². The number of carbonyl (C=O) groups is 3. The van der Waals surface area contributed by atoms with Crippen molar-refractivity contribution >= 4 is 23.5 Å². The second kappa shape index (κ2) is 106. The summed E-state index contributed by atoms with van der Waals surface area (Å²) >= 11 is 0. The monoisotopic (exact) mass is 2120 g/mol. The van der Waals surface area contributed by atoms with E-state index in [1.54, 1.807) is 4.90 Å². The number of nitrogens with zero attached hydrogens (tertiary/aromatic N) is 1. The summed E-state index contributed by atoms with van der Waals surface area (Å²) in [6, 6.07) is 15.5. The number of esters is 1. The lowest BCUT2D eigenvalue weighted by molar-refractivity contribution is -0.136. The average Bonchev–Trinajstić information content (AvgIpc) is 0.810. The first-order valence-corrected chi connectivity index (χ1v) is 50.8. The molecule has 0 aliphatic carbocycles. The van der Waals surface area contributed by atoms with Crippen LogP contribution in [0.3, 0.4) is 0 Å². The Morgan fingerprint density at radius 1 is 0.238 bits per heavy atom. The molecule has 0 radical (unpaired) electrons. The third-order valence-electron chi connectivity index (χ3n) is 19.3. The van der Waals surface area contributed by atoms with E-state index in [1.807, 2.05) is 48.5 Å². The Bertz CT molecular complexity index is 3440. The molecule has 848 valence electrons. The molecule has 1 heterocycles. The molecule has 42 nitrogen and oxygen atoms in total. The number of nitrogens with one attached hydrogen (secondary N) is 1. The van der Waals surface area contributed by atoms with Gasteiger partial charge in [0.1, 0.15) is 0 Å². The summed E-state index contributed by atoms with van der Waals surface area (Å²) in [7, 11) is 0. The maximum absolute atomic E-state index is 13.6. The van der Waals surface area contributed by atoms with E-state index in [4.69, 9.17) is 171 Å². The van der Waals surface area contributed by atoms with Crippen LogP contribution >= 0.6 is 0 Å². The Labute approximate surface area is 863 Å². The van der Waals surface area contributed by atoms with Crippen molar-refractivity contribution in [2.24, 2.45) is 0 Å². The van der Waals surface area contributed by atoms with E-state index < -0.39 is 41.4 Å². The van der Waals surface area contributed by atoms with Crippen molar-refractivity contribution in [1.29, 1.82) is 0 Å². The van der Waals surface area contributed by atoms with Crippen molar-refractivity contribution in [3.63, 3.8) is 0 Å². The number of halogens is 4. The number of amides is 2. The molecular formula is C101H166F4N2O40. The fourth-order valence-corrected chi connectivity index (χ4v) is 11.9. The SMILES string of the molecule is O=C(CCCC(=O)N1Cc2ccccc2C#Cc2ccccc21)NCCOCCOCCOCCOCCOCCOCCOCCOCCOCCOCCOCCOCCOCCOCCOCCOCCOCCOCCOCCOCCOCCOCCOCCOCCOCCOCCOCCOCCOCCOCCOCCOCCOCCOCCOCCOCCC(=O)Oc1c(F)c(F)cc(F)c1F. The highest BCUT2D eigenvalue weighted by atomic mass is 19.2. The van der Waals surface area contributed by atoms with Gasteiger partial charge in [-0.15, -0.1) is 0 Å². The smallest absolute Gasteiger partial charge is 0.313 e. The Kier molecular flexibility index (Phi) is 95.7. The summed E-state index contributed by atoms with van der Waals surface area (Å²) in [6.07, 6.45) is 0.525. The van der Waals surface area contributed by atoms with Crippen LogP contribution in [0.2, 0.25) is 0 Å². The zero-order chi connectivity index (χ0) is 104. The van der Waals surface area contributed by atoms with Gasteiger partial charge in [0.25, 0.3) is 0 Å². The minimum absolute atomic E-state index is 0.0154. The molecule has 0 atom stereocenters. The molecule has 0 fully saturated rings. The zero-order valence-electron chi connectivity index (χ0n) is 86.1. The van der Waals surface area contributed by atoms with Gasteiger partial charge in [-0.1, -0.05) is 42.2 Å².